The second-order valence-electron chi connectivity index (χ2n) is 7.13. The lowest BCUT2D eigenvalue weighted by atomic mass is 10.1. The number of carbonyl (C=O) groups is 2. The third-order valence-electron chi connectivity index (χ3n) is 5.09. The third-order valence-corrected chi connectivity index (χ3v) is 7.26. The number of hydrogen-bond donors (Lipinski definition) is 0. The normalized spacial score (nSPS) is 13.7. The molecule has 1 amide bonds. The number of hydrogen-bond acceptors (Lipinski definition) is 6. The van der Waals surface area contributed by atoms with Crippen LogP contribution in [0.4, 0.5) is 0 Å². The van der Waals surface area contributed by atoms with Crippen LogP contribution in [0.15, 0.2) is 69.8 Å². The summed E-state index contributed by atoms with van der Waals surface area (Å²) in [4.78, 5) is 30.3. The van der Waals surface area contributed by atoms with E-state index in [4.69, 9.17) is 4.74 Å². The van der Waals surface area contributed by atoms with Crippen molar-refractivity contribution in [1.82, 2.24) is 4.90 Å². The minimum absolute atomic E-state index is 0.190. The van der Waals surface area contributed by atoms with Gasteiger partial charge in [-0.05, 0) is 54.6 Å². The highest BCUT2D eigenvalue weighted by molar-refractivity contribution is 7.99. The lowest BCUT2D eigenvalue weighted by Gasteiger charge is -2.29. The minimum Gasteiger partial charge on any atom is -0.449 e. The Morgan fingerprint density at radius 2 is 1.87 bits per heavy atom. The first kappa shape index (κ1) is 21.2. The van der Waals surface area contributed by atoms with E-state index < -0.39 is 12.1 Å². The Bertz CT molecular complexity index is 1170. The molecule has 0 saturated carbocycles. The molecular weight excluding hydrogens is 428 g/mol. The summed E-state index contributed by atoms with van der Waals surface area (Å²) in [6.07, 6.45) is -0.0471. The maximum absolute atomic E-state index is 12.9. The average molecular weight is 449 g/mol. The standard InChI is InChI=1S/C24H20N2O3S2/c1-16(23(27)26-12-10-20-18(15-26)11-13-30-20)29-24(28)19-7-3-5-9-22(19)31-21-8-4-2-6-17(21)14-25/h2-9,11,13,16H,10,12,15H2,1H3. The summed E-state index contributed by atoms with van der Waals surface area (Å²) in [6, 6.07) is 18.5. The van der Waals surface area contributed by atoms with Gasteiger partial charge in [-0.25, -0.2) is 4.79 Å². The van der Waals surface area contributed by atoms with Crippen molar-refractivity contribution in [2.45, 2.75) is 35.8 Å². The number of benzene rings is 2. The second kappa shape index (κ2) is 9.38. The molecule has 0 fully saturated rings. The predicted molar refractivity (Wildman–Crippen MR) is 120 cm³/mol. The Balaban J connectivity index is 1.46. The summed E-state index contributed by atoms with van der Waals surface area (Å²) in [6.45, 7) is 2.80. The first-order chi connectivity index (χ1) is 15.1. The van der Waals surface area contributed by atoms with Crippen molar-refractivity contribution in [2.75, 3.05) is 6.54 Å². The van der Waals surface area contributed by atoms with Crippen LogP contribution in [0.25, 0.3) is 0 Å². The summed E-state index contributed by atoms with van der Waals surface area (Å²) >= 11 is 3.05. The monoisotopic (exact) mass is 448 g/mol. The molecule has 31 heavy (non-hydrogen) atoms. The molecule has 1 aliphatic rings. The van der Waals surface area contributed by atoms with Gasteiger partial charge in [0.2, 0.25) is 0 Å². The highest BCUT2D eigenvalue weighted by Gasteiger charge is 2.28. The van der Waals surface area contributed by atoms with E-state index in [9.17, 15) is 14.9 Å². The van der Waals surface area contributed by atoms with Gasteiger partial charge >= 0.3 is 5.97 Å². The smallest absolute Gasteiger partial charge is 0.340 e. The molecular formula is C24H20N2O3S2. The van der Waals surface area contributed by atoms with E-state index in [2.05, 4.69) is 6.07 Å². The predicted octanol–water partition coefficient (Wildman–Crippen LogP) is 4.90. The van der Waals surface area contributed by atoms with Crippen LogP contribution in [0, 0.1) is 11.3 Å². The van der Waals surface area contributed by atoms with Crippen LogP contribution in [0.3, 0.4) is 0 Å². The summed E-state index contributed by atoms with van der Waals surface area (Å²) in [5, 5.41) is 11.4. The fraction of sp³-hybridized carbons (Fsp3) is 0.208. The highest BCUT2D eigenvalue weighted by atomic mass is 32.2. The SMILES string of the molecule is CC(OC(=O)c1ccccc1Sc1ccccc1C#N)C(=O)N1CCc2sccc2C1. The highest BCUT2D eigenvalue weighted by Crippen LogP contribution is 2.33. The first-order valence-corrected chi connectivity index (χ1v) is 11.6. The third kappa shape index (κ3) is 4.66. The summed E-state index contributed by atoms with van der Waals surface area (Å²) < 4.78 is 5.55. The van der Waals surface area contributed by atoms with Crippen LogP contribution in [-0.4, -0.2) is 29.4 Å². The largest absolute Gasteiger partial charge is 0.449 e. The zero-order chi connectivity index (χ0) is 21.8. The molecule has 1 atom stereocenters. The molecule has 0 N–H and O–H groups in total. The maximum atomic E-state index is 12.9. The van der Waals surface area contributed by atoms with Crippen molar-refractivity contribution in [1.29, 1.82) is 5.26 Å². The van der Waals surface area contributed by atoms with Gasteiger partial charge in [0.25, 0.3) is 5.91 Å². The number of amides is 1. The van der Waals surface area contributed by atoms with E-state index in [1.165, 1.54) is 22.2 Å². The number of carbonyl (C=O) groups excluding carboxylic acids is 2. The topological polar surface area (TPSA) is 70.4 Å². The van der Waals surface area contributed by atoms with Crippen LogP contribution in [0.2, 0.25) is 0 Å². The van der Waals surface area contributed by atoms with Crippen molar-refractivity contribution < 1.29 is 14.3 Å². The lowest BCUT2D eigenvalue weighted by Crippen LogP contribution is -2.42. The van der Waals surface area contributed by atoms with E-state index in [-0.39, 0.29) is 5.91 Å². The van der Waals surface area contributed by atoms with Gasteiger partial charge in [0.05, 0.1) is 11.1 Å². The van der Waals surface area contributed by atoms with Gasteiger partial charge in [-0.3, -0.25) is 4.79 Å². The molecule has 1 aromatic heterocycles. The molecule has 0 saturated heterocycles. The molecule has 0 spiro atoms. The average Bonchev–Trinajstić information content (AvgIpc) is 3.27. The molecule has 3 aromatic rings. The molecule has 2 aromatic carbocycles. The lowest BCUT2D eigenvalue weighted by molar-refractivity contribution is -0.140. The van der Waals surface area contributed by atoms with Crippen LogP contribution < -0.4 is 0 Å². The second-order valence-corrected chi connectivity index (χ2v) is 9.22. The van der Waals surface area contributed by atoms with Gasteiger partial charge in [0.1, 0.15) is 6.07 Å². The van der Waals surface area contributed by atoms with Crippen molar-refractivity contribution in [3.63, 3.8) is 0 Å². The Hall–Kier alpha value is -3.08. The van der Waals surface area contributed by atoms with Crippen molar-refractivity contribution in [3.05, 3.63) is 81.5 Å². The van der Waals surface area contributed by atoms with E-state index in [0.29, 0.717) is 29.1 Å². The number of ether oxygens (including phenoxy) is 1. The van der Waals surface area contributed by atoms with Crippen molar-refractivity contribution >= 4 is 35.0 Å². The van der Waals surface area contributed by atoms with Gasteiger partial charge in [-0.1, -0.05) is 36.0 Å². The molecule has 2 heterocycles. The molecule has 1 unspecified atom stereocenters. The minimum atomic E-state index is -0.878. The summed E-state index contributed by atoms with van der Waals surface area (Å²) in [7, 11) is 0. The van der Waals surface area contributed by atoms with Crippen LogP contribution in [0.1, 0.15) is 33.3 Å². The van der Waals surface area contributed by atoms with Crippen LogP contribution in [0.5, 0.6) is 0 Å². The summed E-state index contributed by atoms with van der Waals surface area (Å²) in [5.41, 5.74) is 2.08. The Labute approximate surface area is 189 Å². The van der Waals surface area contributed by atoms with E-state index >= 15 is 0 Å². The Morgan fingerprint density at radius 1 is 1.13 bits per heavy atom. The van der Waals surface area contributed by atoms with E-state index in [0.717, 1.165) is 11.3 Å². The van der Waals surface area contributed by atoms with Gasteiger partial charge in [-0.2, -0.15) is 5.26 Å². The molecule has 7 heteroatoms. The van der Waals surface area contributed by atoms with Gasteiger partial charge < -0.3 is 9.64 Å². The molecule has 4 rings (SSSR count). The maximum Gasteiger partial charge on any atom is 0.340 e. The Morgan fingerprint density at radius 3 is 2.68 bits per heavy atom. The van der Waals surface area contributed by atoms with Gasteiger partial charge in [0, 0.05) is 27.8 Å². The molecule has 156 valence electrons. The fourth-order valence-corrected chi connectivity index (χ4v) is 5.36. The van der Waals surface area contributed by atoms with Crippen molar-refractivity contribution in [2.24, 2.45) is 0 Å². The molecule has 1 aliphatic heterocycles. The number of nitrogens with zero attached hydrogens (tertiary/aromatic N) is 2. The number of nitriles is 1. The fourth-order valence-electron chi connectivity index (χ4n) is 3.46. The quantitative estimate of drug-likeness (QED) is 0.519. The molecule has 0 bridgehead atoms. The zero-order valence-corrected chi connectivity index (χ0v) is 18.5. The summed E-state index contributed by atoms with van der Waals surface area (Å²) in [5.74, 6) is -0.739. The van der Waals surface area contributed by atoms with Gasteiger partial charge in [0.15, 0.2) is 6.10 Å². The van der Waals surface area contributed by atoms with E-state index in [1.54, 1.807) is 47.4 Å². The van der Waals surface area contributed by atoms with E-state index in [1.807, 2.05) is 35.7 Å². The number of rotatable bonds is 5. The Kier molecular flexibility index (Phi) is 6.40. The molecule has 0 radical (unpaired) electrons. The number of esters is 1. The zero-order valence-electron chi connectivity index (χ0n) is 16.9. The molecule has 0 aliphatic carbocycles. The van der Waals surface area contributed by atoms with Crippen LogP contribution >= 0.6 is 23.1 Å². The van der Waals surface area contributed by atoms with Crippen molar-refractivity contribution in [3.8, 4) is 6.07 Å². The first-order valence-electron chi connectivity index (χ1n) is 9.88. The van der Waals surface area contributed by atoms with Gasteiger partial charge in [-0.15, -0.1) is 11.3 Å². The molecule has 5 nitrogen and oxygen atoms in total. The number of thiophene rings is 1. The number of fused-ring (bicyclic) bond motifs is 1. The van der Waals surface area contributed by atoms with Crippen LogP contribution in [-0.2, 0) is 22.5 Å².